The van der Waals surface area contributed by atoms with E-state index in [9.17, 15) is 13.2 Å². The first kappa shape index (κ1) is 23.1. The molecule has 1 aliphatic rings. The maximum absolute atomic E-state index is 13.0. The molecule has 3 rings (SSSR count). The molecule has 31 heavy (non-hydrogen) atoms. The van der Waals surface area contributed by atoms with Crippen LogP contribution in [-0.4, -0.2) is 51.1 Å². The number of methoxy groups -OCH3 is 1. The lowest BCUT2D eigenvalue weighted by Crippen LogP contribution is -2.44. The Labute approximate surface area is 186 Å². The Hall–Kier alpha value is -2.62. The van der Waals surface area contributed by atoms with Crippen molar-refractivity contribution >= 4 is 33.7 Å². The van der Waals surface area contributed by atoms with Crippen molar-refractivity contribution in [2.24, 2.45) is 5.10 Å². The van der Waals surface area contributed by atoms with Gasteiger partial charge in [0.05, 0.1) is 24.8 Å². The number of nitrogens with one attached hydrogen (secondary N) is 1. The zero-order valence-electron chi connectivity index (χ0n) is 17.2. The van der Waals surface area contributed by atoms with Gasteiger partial charge in [-0.2, -0.15) is 9.41 Å². The third kappa shape index (κ3) is 5.36. The quantitative estimate of drug-likeness (QED) is 0.477. The van der Waals surface area contributed by atoms with Gasteiger partial charge in [0.1, 0.15) is 6.04 Å². The van der Waals surface area contributed by atoms with E-state index in [1.165, 1.54) is 41.9 Å². The van der Waals surface area contributed by atoms with Gasteiger partial charge in [0.25, 0.3) is 5.91 Å². The zero-order valence-corrected chi connectivity index (χ0v) is 18.8. The number of carbonyl (C=O) groups is 1. The number of ether oxygens (including phenoxy) is 2. The number of benzene rings is 2. The van der Waals surface area contributed by atoms with E-state index in [0.29, 0.717) is 41.5 Å². The van der Waals surface area contributed by atoms with Gasteiger partial charge in [-0.3, -0.25) is 4.79 Å². The van der Waals surface area contributed by atoms with Crippen LogP contribution >= 0.6 is 11.6 Å². The van der Waals surface area contributed by atoms with E-state index in [4.69, 9.17) is 21.1 Å². The minimum atomic E-state index is -3.81. The minimum Gasteiger partial charge on any atom is -0.493 e. The number of halogens is 1. The van der Waals surface area contributed by atoms with Crippen molar-refractivity contribution in [2.45, 2.75) is 30.7 Å². The molecule has 0 unspecified atom stereocenters. The van der Waals surface area contributed by atoms with Crippen molar-refractivity contribution in [1.29, 1.82) is 0 Å². The fraction of sp³-hybridized carbons (Fsp3) is 0.333. The first-order valence-corrected chi connectivity index (χ1v) is 11.6. The van der Waals surface area contributed by atoms with E-state index in [0.717, 1.165) is 0 Å². The summed E-state index contributed by atoms with van der Waals surface area (Å²) in [5.74, 6) is 0.678. The van der Waals surface area contributed by atoms with E-state index in [1.54, 1.807) is 18.2 Å². The van der Waals surface area contributed by atoms with Crippen LogP contribution in [0.2, 0.25) is 5.02 Å². The summed E-state index contributed by atoms with van der Waals surface area (Å²) in [5, 5.41) is 4.42. The Morgan fingerprint density at radius 1 is 1.26 bits per heavy atom. The molecule has 0 aromatic heterocycles. The summed E-state index contributed by atoms with van der Waals surface area (Å²) < 4.78 is 37.9. The van der Waals surface area contributed by atoms with Crippen LogP contribution in [0.4, 0.5) is 0 Å². The molecule has 0 spiro atoms. The molecule has 1 amide bonds. The molecule has 0 saturated carbocycles. The van der Waals surface area contributed by atoms with Gasteiger partial charge in [-0.25, -0.2) is 13.8 Å². The number of nitrogens with zero attached hydrogens (tertiary/aromatic N) is 2. The molecule has 10 heteroatoms. The van der Waals surface area contributed by atoms with Crippen LogP contribution < -0.4 is 14.9 Å². The number of hydrazone groups is 1. The number of carbonyl (C=O) groups excluding carboxylic acids is 1. The standard InChI is InChI=1S/C21H24ClN3O5S/c1-3-30-19-11-6-15(13-20(19)29-2)14-23-24-21(26)18-5-4-12-25(18)31(27,28)17-9-7-16(22)8-10-17/h6-11,13-14,18H,3-5,12H2,1-2H3,(H,24,26)/b23-14-/t18-/m1/s1. The normalized spacial score (nSPS) is 17.1. The van der Waals surface area contributed by atoms with E-state index >= 15 is 0 Å². The van der Waals surface area contributed by atoms with E-state index in [1.807, 2.05) is 6.92 Å². The molecule has 2 aromatic rings. The molecule has 0 bridgehead atoms. The van der Waals surface area contributed by atoms with Gasteiger partial charge >= 0.3 is 0 Å². The second kappa shape index (κ2) is 10.1. The van der Waals surface area contributed by atoms with Crippen molar-refractivity contribution < 1.29 is 22.7 Å². The molecule has 2 aromatic carbocycles. The van der Waals surface area contributed by atoms with Crippen LogP contribution in [0.25, 0.3) is 0 Å². The van der Waals surface area contributed by atoms with Crippen LogP contribution in [-0.2, 0) is 14.8 Å². The largest absolute Gasteiger partial charge is 0.493 e. The summed E-state index contributed by atoms with van der Waals surface area (Å²) in [5.41, 5.74) is 3.14. The molecular formula is C21H24ClN3O5S. The molecular weight excluding hydrogens is 442 g/mol. The fourth-order valence-electron chi connectivity index (χ4n) is 3.32. The molecule has 1 fully saturated rings. The SMILES string of the molecule is CCOc1ccc(/C=N\NC(=O)[C@H]2CCCN2S(=O)(=O)c2ccc(Cl)cc2)cc1OC. The van der Waals surface area contributed by atoms with E-state index in [-0.39, 0.29) is 11.4 Å². The topological polar surface area (TPSA) is 97.3 Å². The monoisotopic (exact) mass is 465 g/mol. The van der Waals surface area contributed by atoms with E-state index in [2.05, 4.69) is 10.5 Å². The number of hydrogen-bond acceptors (Lipinski definition) is 6. The molecule has 1 saturated heterocycles. The van der Waals surface area contributed by atoms with Crippen LogP contribution in [0.3, 0.4) is 0 Å². The first-order chi connectivity index (χ1) is 14.9. The molecule has 1 heterocycles. The highest BCUT2D eigenvalue weighted by molar-refractivity contribution is 7.89. The van der Waals surface area contributed by atoms with Crippen LogP contribution in [0, 0.1) is 0 Å². The van der Waals surface area contributed by atoms with Gasteiger partial charge in [-0.05, 0) is 67.8 Å². The smallest absolute Gasteiger partial charge is 0.258 e. The molecule has 1 atom stereocenters. The molecule has 0 radical (unpaired) electrons. The summed E-state index contributed by atoms with van der Waals surface area (Å²) in [6, 6.07) is 10.3. The predicted molar refractivity (Wildman–Crippen MR) is 118 cm³/mol. The average Bonchev–Trinajstić information content (AvgIpc) is 3.26. The highest BCUT2D eigenvalue weighted by Crippen LogP contribution is 2.28. The molecule has 1 aliphatic heterocycles. The maximum atomic E-state index is 13.0. The molecule has 0 aliphatic carbocycles. The van der Waals surface area contributed by atoms with Gasteiger partial charge in [0.15, 0.2) is 11.5 Å². The number of hydrogen-bond donors (Lipinski definition) is 1. The number of rotatable bonds is 8. The van der Waals surface area contributed by atoms with Gasteiger partial charge in [-0.1, -0.05) is 11.6 Å². The second-order valence-corrected chi connectivity index (χ2v) is 9.13. The lowest BCUT2D eigenvalue weighted by Gasteiger charge is -2.22. The Morgan fingerprint density at radius 2 is 2.00 bits per heavy atom. The highest BCUT2D eigenvalue weighted by Gasteiger charge is 2.39. The summed E-state index contributed by atoms with van der Waals surface area (Å²) in [6.45, 7) is 2.66. The van der Waals surface area contributed by atoms with Crippen LogP contribution in [0.15, 0.2) is 52.5 Å². The summed E-state index contributed by atoms with van der Waals surface area (Å²) in [6.07, 6.45) is 2.47. The van der Waals surface area contributed by atoms with Crippen molar-refractivity contribution in [3.8, 4) is 11.5 Å². The predicted octanol–water partition coefficient (Wildman–Crippen LogP) is 3.05. The Morgan fingerprint density at radius 3 is 2.68 bits per heavy atom. The average molecular weight is 466 g/mol. The summed E-state index contributed by atoms with van der Waals surface area (Å²) in [4.78, 5) is 12.7. The highest BCUT2D eigenvalue weighted by atomic mass is 35.5. The maximum Gasteiger partial charge on any atom is 0.258 e. The Balaban J connectivity index is 1.69. The lowest BCUT2D eigenvalue weighted by molar-refractivity contribution is -0.124. The van der Waals surface area contributed by atoms with Gasteiger partial charge in [-0.15, -0.1) is 0 Å². The minimum absolute atomic E-state index is 0.0987. The van der Waals surface area contributed by atoms with E-state index < -0.39 is 22.0 Å². The Bertz CT molecular complexity index is 1060. The third-order valence-electron chi connectivity index (χ3n) is 4.80. The van der Waals surface area contributed by atoms with Crippen LogP contribution in [0.5, 0.6) is 11.5 Å². The fourth-order valence-corrected chi connectivity index (χ4v) is 5.10. The second-order valence-electron chi connectivity index (χ2n) is 6.81. The first-order valence-electron chi connectivity index (χ1n) is 9.78. The van der Waals surface area contributed by atoms with Gasteiger partial charge in [0, 0.05) is 11.6 Å². The third-order valence-corrected chi connectivity index (χ3v) is 6.98. The molecule has 166 valence electrons. The van der Waals surface area contributed by atoms with Gasteiger partial charge in [0.2, 0.25) is 10.0 Å². The molecule has 1 N–H and O–H groups in total. The summed E-state index contributed by atoms with van der Waals surface area (Å²) >= 11 is 5.85. The van der Waals surface area contributed by atoms with Gasteiger partial charge < -0.3 is 9.47 Å². The van der Waals surface area contributed by atoms with Crippen molar-refractivity contribution in [2.75, 3.05) is 20.3 Å². The van der Waals surface area contributed by atoms with Crippen molar-refractivity contribution in [3.63, 3.8) is 0 Å². The van der Waals surface area contributed by atoms with Crippen molar-refractivity contribution in [1.82, 2.24) is 9.73 Å². The summed E-state index contributed by atoms with van der Waals surface area (Å²) in [7, 11) is -2.28. The number of amides is 1. The molecule has 8 nitrogen and oxygen atoms in total. The zero-order chi connectivity index (χ0) is 22.4. The van der Waals surface area contributed by atoms with Crippen molar-refractivity contribution in [3.05, 3.63) is 53.1 Å². The lowest BCUT2D eigenvalue weighted by atomic mass is 10.2. The number of sulfonamides is 1. The van der Waals surface area contributed by atoms with Crippen LogP contribution in [0.1, 0.15) is 25.3 Å². The Kier molecular flexibility index (Phi) is 7.53.